The molecular weight excluding hydrogens is 290 g/mol. The van der Waals surface area contributed by atoms with E-state index >= 15 is 0 Å². The van der Waals surface area contributed by atoms with Crippen molar-refractivity contribution >= 4 is 18.1 Å². The molecule has 0 atom stereocenters. The predicted molar refractivity (Wildman–Crippen MR) is 90.7 cm³/mol. The van der Waals surface area contributed by atoms with Crippen molar-refractivity contribution in [3.63, 3.8) is 0 Å². The zero-order valence-corrected chi connectivity index (χ0v) is 13.1. The standard InChI is InChI=1S/C19H17NO3/c1-22-16-4-3-13-11-19(21)18-6-5-17(23-2)9-14(18)7-8-20-12-15(13)10-16/h3-10,12H,11H2,1-2H3. The highest BCUT2D eigenvalue weighted by atomic mass is 16.5. The van der Waals surface area contributed by atoms with Gasteiger partial charge in [-0.3, -0.25) is 9.79 Å². The number of nitrogens with zero attached hydrogens (tertiary/aromatic N) is 1. The predicted octanol–water partition coefficient (Wildman–Crippen LogP) is 3.53. The summed E-state index contributed by atoms with van der Waals surface area (Å²) < 4.78 is 10.5. The minimum Gasteiger partial charge on any atom is -0.497 e. The lowest BCUT2D eigenvalue weighted by molar-refractivity contribution is 0.0992. The largest absolute Gasteiger partial charge is 0.497 e. The van der Waals surface area contributed by atoms with Crippen LogP contribution in [0, 0.1) is 0 Å². The first-order chi connectivity index (χ1) is 11.2. The number of ketones is 1. The molecule has 0 radical (unpaired) electrons. The van der Waals surface area contributed by atoms with E-state index in [9.17, 15) is 4.79 Å². The Labute approximate surface area is 135 Å². The van der Waals surface area contributed by atoms with Crippen molar-refractivity contribution in [2.75, 3.05) is 14.2 Å². The summed E-state index contributed by atoms with van der Waals surface area (Å²) in [6.07, 6.45) is 5.56. The molecule has 2 aromatic carbocycles. The van der Waals surface area contributed by atoms with Gasteiger partial charge in [0.05, 0.1) is 14.2 Å². The Bertz CT molecular complexity index is 806. The van der Waals surface area contributed by atoms with Gasteiger partial charge in [-0.25, -0.2) is 0 Å². The number of ether oxygens (including phenoxy) is 2. The van der Waals surface area contributed by atoms with Crippen molar-refractivity contribution in [1.82, 2.24) is 0 Å². The van der Waals surface area contributed by atoms with E-state index in [0.29, 0.717) is 17.7 Å². The SMILES string of the molecule is COc1ccc2c(c1)C=NC=Cc1cc(OC)ccc1C(=O)C2. The normalized spacial score (nSPS) is 13.2. The van der Waals surface area contributed by atoms with E-state index in [1.807, 2.05) is 30.3 Å². The van der Waals surface area contributed by atoms with Crippen molar-refractivity contribution in [1.29, 1.82) is 0 Å². The van der Waals surface area contributed by atoms with Gasteiger partial charge in [0.15, 0.2) is 5.78 Å². The van der Waals surface area contributed by atoms with Gasteiger partial charge in [0, 0.05) is 30.0 Å². The quantitative estimate of drug-likeness (QED) is 0.852. The summed E-state index contributed by atoms with van der Waals surface area (Å²) in [6.45, 7) is 0. The van der Waals surface area contributed by atoms with E-state index in [1.165, 1.54) is 0 Å². The second kappa shape index (κ2) is 6.48. The van der Waals surface area contributed by atoms with Gasteiger partial charge in [0.1, 0.15) is 11.5 Å². The second-order valence-electron chi connectivity index (χ2n) is 5.21. The van der Waals surface area contributed by atoms with Crippen LogP contribution in [-0.2, 0) is 6.42 Å². The molecule has 4 heteroatoms. The fourth-order valence-corrected chi connectivity index (χ4v) is 2.56. The third-order valence-electron chi connectivity index (χ3n) is 3.82. The van der Waals surface area contributed by atoms with Crippen LogP contribution in [-0.4, -0.2) is 26.2 Å². The van der Waals surface area contributed by atoms with Crippen LogP contribution < -0.4 is 9.47 Å². The molecule has 0 saturated carbocycles. The van der Waals surface area contributed by atoms with Crippen molar-refractivity contribution < 1.29 is 14.3 Å². The fourth-order valence-electron chi connectivity index (χ4n) is 2.56. The molecule has 23 heavy (non-hydrogen) atoms. The Balaban J connectivity index is 2.08. The molecule has 1 heterocycles. The number of fused-ring (bicyclic) bond motifs is 2. The van der Waals surface area contributed by atoms with Crippen LogP contribution in [0.2, 0.25) is 0 Å². The number of carbonyl (C=O) groups is 1. The Kier molecular flexibility index (Phi) is 4.24. The average Bonchev–Trinajstić information content (AvgIpc) is 2.59. The molecule has 0 spiro atoms. The number of methoxy groups -OCH3 is 2. The number of carbonyl (C=O) groups excluding carboxylic acids is 1. The molecule has 4 nitrogen and oxygen atoms in total. The molecule has 1 aliphatic heterocycles. The van der Waals surface area contributed by atoms with Gasteiger partial charge in [-0.1, -0.05) is 6.07 Å². The summed E-state index contributed by atoms with van der Waals surface area (Å²) in [5.41, 5.74) is 3.29. The van der Waals surface area contributed by atoms with Gasteiger partial charge in [0.25, 0.3) is 0 Å². The van der Waals surface area contributed by atoms with E-state index < -0.39 is 0 Å². The molecule has 0 fully saturated rings. The topological polar surface area (TPSA) is 47.9 Å². The molecule has 0 aromatic heterocycles. The molecule has 0 aliphatic carbocycles. The number of Topliss-reactive ketones (excluding diaryl/α,β-unsaturated/α-hetero) is 1. The summed E-state index contributed by atoms with van der Waals surface area (Å²) >= 11 is 0. The summed E-state index contributed by atoms with van der Waals surface area (Å²) in [5, 5.41) is 0. The van der Waals surface area contributed by atoms with Crippen LogP contribution in [0.25, 0.3) is 6.08 Å². The van der Waals surface area contributed by atoms with E-state index in [1.54, 1.807) is 38.8 Å². The van der Waals surface area contributed by atoms with Gasteiger partial charge in [0.2, 0.25) is 0 Å². The van der Waals surface area contributed by atoms with Crippen molar-refractivity contribution in [3.8, 4) is 11.5 Å². The smallest absolute Gasteiger partial charge is 0.167 e. The van der Waals surface area contributed by atoms with Crippen LogP contribution >= 0.6 is 0 Å². The number of hydrogen-bond acceptors (Lipinski definition) is 4. The summed E-state index contributed by atoms with van der Waals surface area (Å²) in [7, 11) is 3.23. The second-order valence-corrected chi connectivity index (χ2v) is 5.21. The van der Waals surface area contributed by atoms with E-state index in [2.05, 4.69) is 4.99 Å². The van der Waals surface area contributed by atoms with Crippen molar-refractivity contribution in [2.24, 2.45) is 4.99 Å². The van der Waals surface area contributed by atoms with Crippen molar-refractivity contribution in [2.45, 2.75) is 6.42 Å². The molecule has 116 valence electrons. The van der Waals surface area contributed by atoms with E-state index in [0.717, 1.165) is 22.4 Å². The van der Waals surface area contributed by atoms with Gasteiger partial charge >= 0.3 is 0 Å². The minimum atomic E-state index is 0.0639. The van der Waals surface area contributed by atoms with Crippen LogP contribution in [0.4, 0.5) is 0 Å². The average molecular weight is 307 g/mol. The summed E-state index contributed by atoms with van der Waals surface area (Å²) in [4.78, 5) is 17.0. The van der Waals surface area contributed by atoms with Crippen LogP contribution in [0.5, 0.6) is 11.5 Å². The van der Waals surface area contributed by atoms with E-state index in [-0.39, 0.29) is 5.78 Å². The lowest BCUT2D eigenvalue weighted by Crippen LogP contribution is -2.08. The monoisotopic (exact) mass is 307 g/mol. The highest BCUT2D eigenvalue weighted by Crippen LogP contribution is 2.23. The Morgan fingerprint density at radius 3 is 2.39 bits per heavy atom. The molecule has 2 aromatic rings. The molecule has 0 bridgehead atoms. The summed E-state index contributed by atoms with van der Waals surface area (Å²) in [5.74, 6) is 1.52. The maximum atomic E-state index is 12.7. The highest BCUT2D eigenvalue weighted by Gasteiger charge is 2.15. The first kappa shape index (κ1) is 15.0. The zero-order valence-electron chi connectivity index (χ0n) is 13.1. The Morgan fingerprint density at radius 1 is 0.957 bits per heavy atom. The summed E-state index contributed by atoms with van der Waals surface area (Å²) in [6, 6.07) is 11.1. The van der Waals surface area contributed by atoms with Crippen LogP contribution in [0.3, 0.4) is 0 Å². The zero-order chi connectivity index (χ0) is 16.2. The van der Waals surface area contributed by atoms with Crippen molar-refractivity contribution in [3.05, 3.63) is 64.9 Å². The number of hydrogen-bond donors (Lipinski definition) is 0. The molecule has 0 unspecified atom stereocenters. The minimum absolute atomic E-state index is 0.0639. The molecule has 0 amide bonds. The third-order valence-corrected chi connectivity index (χ3v) is 3.82. The molecular formula is C19H17NO3. The van der Waals surface area contributed by atoms with Gasteiger partial charge in [-0.05, 0) is 47.5 Å². The highest BCUT2D eigenvalue weighted by molar-refractivity contribution is 6.02. The number of benzene rings is 2. The van der Waals surface area contributed by atoms with Gasteiger partial charge in [-0.15, -0.1) is 0 Å². The van der Waals surface area contributed by atoms with Crippen LogP contribution in [0.1, 0.15) is 27.0 Å². The third kappa shape index (κ3) is 3.16. The molecule has 0 N–H and O–H groups in total. The molecule has 0 saturated heterocycles. The van der Waals surface area contributed by atoms with Gasteiger partial charge in [-0.2, -0.15) is 0 Å². The van der Waals surface area contributed by atoms with E-state index in [4.69, 9.17) is 9.47 Å². The first-order valence-electron chi connectivity index (χ1n) is 7.29. The fraction of sp³-hybridized carbons (Fsp3) is 0.158. The van der Waals surface area contributed by atoms with Crippen LogP contribution in [0.15, 0.2) is 47.6 Å². The number of rotatable bonds is 2. The first-order valence-corrected chi connectivity index (χ1v) is 7.29. The maximum Gasteiger partial charge on any atom is 0.167 e. The lowest BCUT2D eigenvalue weighted by Gasteiger charge is -2.11. The van der Waals surface area contributed by atoms with Gasteiger partial charge < -0.3 is 9.47 Å². The molecule has 1 aliphatic rings. The lowest BCUT2D eigenvalue weighted by atomic mass is 9.95. The maximum absolute atomic E-state index is 12.7. The number of aliphatic imine (C=N–C) groups is 1. The Hall–Kier alpha value is -2.88. The molecule has 3 rings (SSSR count). The Morgan fingerprint density at radius 2 is 1.65 bits per heavy atom.